The van der Waals surface area contributed by atoms with Gasteiger partial charge in [-0.2, -0.15) is 0 Å². The first-order valence-electron chi connectivity index (χ1n) is 8.11. The number of carbonyl (C=O) groups excluding carboxylic acids is 1. The SMILES string of the molecule is CC(=O)O[C@H]1[C@@H]2CCC[C@H]1[C@H]([N+]1(C)CCCC1)CC2. The molecule has 3 aliphatic rings. The van der Waals surface area contributed by atoms with Crippen LogP contribution in [0.25, 0.3) is 0 Å². The average molecular weight is 266 g/mol. The van der Waals surface area contributed by atoms with Crippen LogP contribution in [0.15, 0.2) is 0 Å². The van der Waals surface area contributed by atoms with Gasteiger partial charge in [0.25, 0.3) is 0 Å². The zero-order valence-electron chi connectivity index (χ0n) is 12.4. The molecule has 0 radical (unpaired) electrons. The van der Waals surface area contributed by atoms with Gasteiger partial charge >= 0.3 is 5.97 Å². The van der Waals surface area contributed by atoms with Gasteiger partial charge in [0.05, 0.1) is 26.2 Å². The van der Waals surface area contributed by atoms with Gasteiger partial charge in [0.1, 0.15) is 6.10 Å². The summed E-state index contributed by atoms with van der Waals surface area (Å²) in [6, 6.07) is 0.739. The number of carbonyl (C=O) groups is 1. The van der Waals surface area contributed by atoms with E-state index < -0.39 is 0 Å². The predicted molar refractivity (Wildman–Crippen MR) is 74.6 cm³/mol. The number of fused-ring (bicyclic) bond motifs is 2. The molecule has 3 heteroatoms. The molecule has 3 nitrogen and oxygen atoms in total. The van der Waals surface area contributed by atoms with Gasteiger partial charge in [0.2, 0.25) is 0 Å². The molecule has 3 rings (SSSR count). The number of likely N-dealkylation sites (tertiary alicyclic amines) is 1. The van der Waals surface area contributed by atoms with Gasteiger partial charge in [-0.3, -0.25) is 4.79 Å². The molecule has 4 atom stereocenters. The zero-order chi connectivity index (χ0) is 13.5. The minimum Gasteiger partial charge on any atom is -0.462 e. The number of ether oxygens (including phenoxy) is 1. The highest BCUT2D eigenvalue weighted by atomic mass is 16.5. The summed E-state index contributed by atoms with van der Waals surface area (Å²) in [7, 11) is 2.44. The zero-order valence-corrected chi connectivity index (χ0v) is 12.4. The van der Waals surface area contributed by atoms with Crippen molar-refractivity contribution in [3.05, 3.63) is 0 Å². The van der Waals surface area contributed by atoms with E-state index in [4.69, 9.17) is 4.74 Å². The Bertz CT molecular complexity index is 349. The van der Waals surface area contributed by atoms with E-state index in [-0.39, 0.29) is 12.1 Å². The first-order chi connectivity index (χ1) is 9.10. The second-order valence-corrected chi connectivity index (χ2v) is 7.21. The Morgan fingerprint density at radius 2 is 1.79 bits per heavy atom. The van der Waals surface area contributed by atoms with Crippen molar-refractivity contribution in [2.45, 2.75) is 64.0 Å². The van der Waals surface area contributed by atoms with E-state index in [2.05, 4.69) is 7.05 Å². The summed E-state index contributed by atoms with van der Waals surface area (Å²) >= 11 is 0. The van der Waals surface area contributed by atoms with E-state index in [0.29, 0.717) is 11.8 Å². The molecule has 1 heterocycles. The number of quaternary nitrogens is 1. The Kier molecular flexibility index (Phi) is 3.59. The Hall–Kier alpha value is -0.570. The monoisotopic (exact) mass is 266 g/mol. The van der Waals surface area contributed by atoms with Gasteiger partial charge in [0, 0.05) is 32.1 Å². The number of hydrogen-bond donors (Lipinski definition) is 0. The Labute approximate surface area is 116 Å². The van der Waals surface area contributed by atoms with Crippen molar-refractivity contribution >= 4 is 5.97 Å². The van der Waals surface area contributed by atoms with Gasteiger partial charge in [-0.1, -0.05) is 6.42 Å². The van der Waals surface area contributed by atoms with E-state index in [0.717, 1.165) is 6.04 Å². The minimum absolute atomic E-state index is 0.0772. The summed E-state index contributed by atoms with van der Waals surface area (Å²) < 4.78 is 6.99. The van der Waals surface area contributed by atoms with Crippen LogP contribution >= 0.6 is 0 Å². The van der Waals surface area contributed by atoms with E-state index >= 15 is 0 Å². The van der Waals surface area contributed by atoms with Crippen LogP contribution < -0.4 is 0 Å². The summed E-state index contributed by atoms with van der Waals surface area (Å²) in [5.41, 5.74) is 0. The van der Waals surface area contributed by atoms with Crippen molar-refractivity contribution in [3.63, 3.8) is 0 Å². The fraction of sp³-hybridized carbons (Fsp3) is 0.938. The lowest BCUT2D eigenvalue weighted by molar-refractivity contribution is -0.928. The van der Waals surface area contributed by atoms with E-state index in [1.165, 1.54) is 62.5 Å². The molecule has 3 fully saturated rings. The molecule has 108 valence electrons. The third kappa shape index (κ3) is 2.42. The Balaban J connectivity index is 1.80. The summed E-state index contributed by atoms with van der Waals surface area (Å²) in [5.74, 6) is 1.19. The summed E-state index contributed by atoms with van der Waals surface area (Å²) in [5, 5.41) is 0. The molecule has 0 aromatic heterocycles. The predicted octanol–water partition coefficient (Wildman–Crippen LogP) is 2.74. The summed E-state index contributed by atoms with van der Waals surface area (Å²) in [4.78, 5) is 11.4. The number of hydrogen-bond acceptors (Lipinski definition) is 2. The van der Waals surface area contributed by atoms with Gasteiger partial charge in [-0.15, -0.1) is 0 Å². The highest BCUT2D eigenvalue weighted by Crippen LogP contribution is 2.46. The van der Waals surface area contributed by atoms with Crippen molar-refractivity contribution in [1.82, 2.24) is 0 Å². The normalized spacial score (nSPS) is 40.9. The first-order valence-corrected chi connectivity index (χ1v) is 8.11. The van der Waals surface area contributed by atoms with Gasteiger partial charge < -0.3 is 9.22 Å². The fourth-order valence-corrected chi connectivity index (χ4v) is 5.15. The minimum atomic E-state index is -0.0772. The van der Waals surface area contributed by atoms with Crippen molar-refractivity contribution in [3.8, 4) is 0 Å². The van der Waals surface area contributed by atoms with Crippen LogP contribution in [0.2, 0.25) is 0 Å². The molecule has 0 spiro atoms. The molecule has 2 bridgehead atoms. The molecule has 0 aromatic carbocycles. The second-order valence-electron chi connectivity index (χ2n) is 7.21. The van der Waals surface area contributed by atoms with Gasteiger partial charge in [0.15, 0.2) is 0 Å². The van der Waals surface area contributed by atoms with Crippen LogP contribution in [0.1, 0.15) is 51.9 Å². The van der Waals surface area contributed by atoms with Crippen molar-refractivity contribution in [2.75, 3.05) is 20.1 Å². The van der Waals surface area contributed by atoms with Crippen LogP contribution in [0.3, 0.4) is 0 Å². The molecule has 2 aliphatic carbocycles. The highest BCUT2D eigenvalue weighted by Gasteiger charge is 2.51. The second kappa shape index (κ2) is 5.08. The van der Waals surface area contributed by atoms with Crippen molar-refractivity contribution < 1.29 is 14.0 Å². The van der Waals surface area contributed by atoms with Crippen LogP contribution in [-0.2, 0) is 9.53 Å². The summed E-state index contributed by atoms with van der Waals surface area (Å²) in [6.07, 6.45) is 9.47. The first kappa shape index (κ1) is 13.4. The molecule has 0 N–H and O–H groups in total. The molecule has 0 aromatic rings. The maximum absolute atomic E-state index is 11.4. The fourth-order valence-electron chi connectivity index (χ4n) is 5.15. The van der Waals surface area contributed by atoms with Gasteiger partial charge in [-0.05, 0) is 25.2 Å². The summed E-state index contributed by atoms with van der Waals surface area (Å²) in [6.45, 7) is 4.24. The highest BCUT2D eigenvalue weighted by molar-refractivity contribution is 5.66. The molecule has 0 unspecified atom stereocenters. The maximum atomic E-state index is 11.4. The van der Waals surface area contributed by atoms with Crippen molar-refractivity contribution in [1.29, 1.82) is 0 Å². The van der Waals surface area contributed by atoms with E-state index in [1.807, 2.05) is 0 Å². The standard InChI is InChI=1S/C16H28NO2/c1-12(18)19-16-13-6-5-7-14(16)15(9-8-13)17(2)10-3-4-11-17/h13-16H,3-11H2,1-2H3/q+1/t13-,14+,15-,16+/m1/s1. The van der Waals surface area contributed by atoms with Crippen LogP contribution in [0.5, 0.6) is 0 Å². The van der Waals surface area contributed by atoms with Crippen LogP contribution in [0, 0.1) is 11.8 Å². The number of nitrogens with zero attached hydrogens (tertiary/aromatic N) is 1. The number of esters is 1. The topological polar surface area (TPSA) is 26.3 Å². The molecule has 1 saturated heterocycles. The van der Waals surface area contributed by atoms with Crippen LogP contribution in [-0.4, -0.2) is 42.7 Å². The molecule has 2 saturated carbocycles. The molecular weight excluding hydrogens is 238 g/mol. The average Bonchev–Trinajstić information content (AvgIpc) is 2.76. The largest absolute Gasteiger partial charge is 0.462 e. The molecular formula is C16H28NO2+. The molecule has 19 heavy (non-hydrogen) atoms. The lowest BCUT2D eigenvalue weighted by Crippen LogP contribution is -2.60. The third-order valence-electron chi connectivity index (χ3n) is 6.02. The Morgan fingerprint density at radius 1 is 1.05 bits per heavy atom. The van der Waals surface area contributed by atoms with E-state index in [9.17, 15) is 4.79 Å². The van der Waals surface area contributed by atoms with Gasteiger partial charge in [-0.25, -0.2) is 0 Å². The quantitative estimate of drug-likeness (QED) is 0.567. The third-order valence-corrected chi connectivity index (χ3v) is 6.02. The lowest BCUT2D eigenvalue weighted by atomic mass is 9.66. The van der Waals surface area contributed by atoms with Crippen LogP contribution in [0.4, 0.5) is 0 Å². The Morgan fingerprint density at radius 3 is 2.47 bits per heavy atom. The molecule has 0 amide bonds. The lowest BCUT2D eigenvalue weighted by Gasteiger charge is -2.51. The smallest absolute Gasteiger partial charge is 0.302 e. The van der Waals surface area contributed by atoms with E-state index in [1.54, 1.807) is 6.92 Å². The maximum Gasteiger partial charge on any atom is 0.302 e. The number of rotatable bonds is 2. The van der Waals surface area contributed by atoms with Crippen molar-refractivity contribution in [2.24, 2.45) is 11.8 Å². The molecule has 1 aliphatic heterocycles.